The first kappa shape index (κ1) is 16.4. The summed E-state index contributed by atoms with van der Waals surface area (Å²) in [6, 6.07) is 9.76. The number of hydrogen-bond acceptors (Lipinski definition) is 2. The van der Waals surface area contributed by atoms with Crippen LogP contribution in [-0.4, -0.2) is 18.2 Å². The number of carbonyl (C=O) groups is 1. The summed E-state index contributed by atoms with van der Waals surface area (Å²) in [5.74, 6) is -2.04. The smallest absolute Gasteiger partial charge is 0.336 e. The van der Waals surface area contributed by atoms with Gasteiger partial charge in [0.15, 0.2) is 11.6 Å². The van der Waals surface area contributed by atoms with Crippen LogP contribution in [-0.2, 0) is 4.79 Å². The van der Waals surface area contributed by atoms with Crippen molar-refractivity contribution in [3.8, 4) is 5.75 Å². The summed E-state index contributed by atoms with van der Waals surface area (Å²) in [5.41, 5.74) is 0.601. The number of halogens is 2. The van der Waals surface area contributed by atoms with E-state index in [0.29, 0.717) is 5.56 Å². The van der Waals surface area contributed by atoms with Crippen LogP contribution in [0.15, 0.2) is 54.6 Å². The van der Waals surface area contributed by atoms with Gasteiger partial charge in [0.2, 0.25) is 0 Å². The van der Waals surface area contributed by atoms with Gasteiger partial charge in [0.1, 0.15) is 5.82 Å². The second-order valence-electron chi connectivity index (χ2n) is 4.61. The van der Waals surface area contributed by atoms with Crippen LogP contribution in [0.4, 0.5) is 8.78 Å². The lowest BCUT2D eigenvalue weighted by atomic mass is 10.1. The SMILES string of the molecule is COc1cccc(/C=C/C=C(C(=O)O)c2ccc(F)cc2)c1F. The van der Waals surface area contributed by atoms with E-state index >= 15 is 0 Å². The van der Waals surface area contributed by atoms with Gasteiger partial charge in [0.05, 0.1) is 12.7 Å². The molecule has 5 heteroatoms. The molecular formula is C18H14F2O3. The largest absolute Gasteiger partial charge is 0.494 e. The molecule has 0 aliphatic carbocycles. The molecule has 0 spiro atoms. The number of ether oxygens (including phenoxy) is 1. The lowest BCUT2D eigenvalue weighted by molar-refractivity contribution is -0.130. The van der Waals surface area contributed by atoms with Gasteiger partial charge in [0.25, 0.3) is 0 Å². The number of carboxylic acids is 1. The first-order valence-corrected chi connectivity index (χ1v) is 6.73. The van der Waals surface area contributed by atoms with Gasteiger partial charge in [-0.2, -0.15) is 0 Å². The van der Waals surface area contributed by atoms with Crippen molar-refractivity contribution in [1.82, 2.24) is 0 Å². The van der Waals surface area contributed by atoms with E-state index in [9.17, 15) is 18.7 Å². The Hall–Kier alpha value is -2.95. The Morgan fingerprint density at radius 1 is 1.13 bits per heavy atom. The van der Waals surface area contributed by atoms with E-state index in [1.54, 1.807) is 12.1 Å². The standard InChI is InChI=1S/C18H14F2O3/c1-23-16-7-3-5-13(17(16)20)4-2-6-15(18(21)22)12-8-10-14(19)11-9-12/h2-11H,1H3,(H,21,22)/b4-2+,15-6?. The number of rotatable bonds is 5. The van der Waals surface area contributed by atoms with E-state index in [-0.39, 0.29) is 16.9 Å². The Labute approximate surface area is 132 Å². The van der Waals surface area contributed by atoms with Crippen LogP contribution in [0.5, 0.6) is 5.75 Å². The molecule has 0 saturated heterocycles. The van der Waals surface area contributed by atoms with Gasteiger partial charge in [-0.1, -0.05) is 36.4 Å². The average Bonchev–Trinajstić information content (AvgIpc) is 2.54. The lowest BCUT2D eigenvalue weighted by Gasteiger charge is -2.03. The van der Waals surface area contributed by atoms with Gasteiger partial charge in [-0.25, -0.2) is 13.6 Å². The molecule has 0 fully saturated rings. The van der Waals surface area contributed by atoms with Crippen LogP contribution in [0.2, 0.25) is 0 Å². The fourth-order valence-corrected chi connectivity index (χ4v) is 1.98. The first-order chi connectivity index (χ1) is 11.0. The number of methoxy groups -OCH3 is 1. The second-order valence-corrected chi connectivity index (χ2v) is 4.61. The minimum Gasteiger partial charge on any atom is -0.494 e. The first-order valence-electron chi connectivity index (χ1n) is 6.73. The Bertz CT molecular complexity index is 762. The summed E-state index contributed by atoms with van der Waals surface area (Å²) in [7, 11) is 1.36. The van der Waals surface area contributed by atoms with Crippen LogP contribution in [0.3, 0.4) is 0 Å². The van der Waals surface area contributed by atoms with Crippen molar-refractivity contribution in [1.29, 1.82) is 0 Å². The summed E-state index contributed by atoms with van der Waals surface area (Å²) in [6.07, 6.45) is 4.18. The molecule has 0 aromatic heterocycles. The third kappa shape index (κ3) is 4.03. The van der Waals surface area contributed by atoms with Crippen molar-refractivity contribution < 1.29 is 23.4 Å². The highest BCUT2D eigenvalue weighted by Crippen LogP contribution is 2.21. The molecule has 0 radical (unpaired) electrons. The Balaban J connectivity index is 2.31. The molecule has 0 aliphatic rings. The number of hydrogen-bond donors (Lipinski definition) is 1. The zero-order chi connectivity index (χ0) is 16.8. The van der Waals surface area contributed by atoms with Crippen molar-refractivity contribution in [3.63, 3.8) is 0 Å². The molecule has 0 heterocycles. The molecule has 0 amide bonds. The van der Waals surface area contributed by atoms with Crippen LogP contribution in [0.25, 0.3) is 11.6 Å². The van der Waals surface area contributed by atoms with E-state index in [1.165, 1.54) is 55.7 Å². The van der Waals surface area contributed by atoms with Crippen molar-refractivity contribution in [2.45, 2.75) is 0 Å². The third-order valence-corrected chi connectivity index (χ3v) is 3.14. The average molecular weight is 316 g/mol. The molecule has 2 rings (SSSR count). The zero-order valence-electron chi connectivity index (χ0n) is 12.3. The molecule has 3 nitrogen and oxygen atoms in total. The Morgan fingerprint density at radius 2 is 1.83 bits per heavy atom. The third-order valence-electron chi connectivity index (χ3n) is 3.14. The molecule has 0 bridgehead atoms. The molecule has 0 saturated carbocycles. The van der Waals surface area contributed by atoms with Gasteiger partial charge in [-0.3, -0.25) is 0 Å². The monoisotopic (exact) mass is 316 g/mol. The molecule has 1 N–H and O–H groups in total. The lowest BCUT2D eigenvalue weighted by Crippen LogP contribution is -1.99. The molecular weight excluding hydrogens is 302 g/mol. The maximum absolute atomic E-state index is 14.0. The van der Waals surface area contributed by atoms with Crippen LogP contribution < -0.4 is 4.74 Å². The van der Waals surface area contributed by atoms with Crippen LogP contribution >= 0.6 is 0 Å². The van der Waals surface area contributed by atoms with Gasteiger partial charge >= 0.3 is 5.97 Å². The fraction of sp³-hybridized carbons (Fsp3) is 0.0556. The van der Waals surface area contributed by atoms with E-state index in [4.69, 9.17) is 4.74 Å². The summed E-state index contributed by atoms with van der Waals surface area (Å²) < 4.78 is 31.8. The quantitative estimate of drug-likeness (QED) is 0.665. The predicted octanol–water partition coefficient (Wildman–Crippen LogP) is 4.15. The minimum absolute atomic E-state index is 0.0236. The molecule has 2 aromatic carbocycles. The molecule has 118 valence electrons. The summed E-state index contributed by atoms with van der Waals surface area (Å²) in [6.45, 7) is 0. The van der Waals surface area contributed by atoms with E-state index in [1.807, 2.05) is 0 Å². The van der Waals surface area contributed by atoms with Gasteiger partial charge in [-0.05, 0) is 29.8 Å². The summed E-state index contributed by atoms with van der Waals surface area (Å²) in [4.78, 5) is 11.3. The number of carboxylic acid groups (broad SMARTS) is 1. The number of aliphatic carboxylic acids is 1. The van der Waals surface area contributed by atoms with E-state index < -0.39 is 17.6 Å². The van der Waals surface area contributed by atoms with Gasteiger partial charge in [0, 0.05) is 5.56 Å². The normalized spacial score (nSPS) is 11.7. The molecule has 2 aromatic rings. The van der Waals surface area contributed by atoms with Crippen molar-refractivity contribution in [3.05, 3.63) is 77.4 Å². The fourth-order valence-electron chi connectivity index (χ4n) is 1.98. The zero-order valence-corrected chi connectivity index (χ0v) is 12.3. The maximum Gasteiger partial charge on any atom is 0.336 e. The highest BCUT2D eigenvalue weighted by molar-refractivity contribution is 6.15. The van der Waals surface area contributed by atoms with E-state index in [0.717, 1.165) is 0 Å². The van der Waals surface area contributed by atoms with Crippen molar-refractivity contribution in [2.24, 2.45) is 0 Å². The Kier molecular flexibility index (Phi) is 5.25. The minimum atomic E-state index is -1.16. The summed E-state index contributed by atoms with van der Waals surface area (Å²) >= 11 is 0. The second kappa shape index (κ2) is 7.35. The number of allylic oxidation sites excluding steroid dienone is 2. The number of benzene rings is 2. The van der Waals surface area contributed by atoms with Crippen molar-refractivity contribution >= 4 is 17.6 Å². The van der Waals surface area contributed by atoms with Gasteiger partial charge < -0.3 is 9.84 Å². The van der Waals surface area contributed by atoms with E-state index in [2.05, 4.69) is 0 Å². The molecule has 0 atom stereocenters. The Morgan fingerprint density at radius 3 is 2.43 bits per heavy atom. The highest BCUT2D eigenvalue weighted by atomic mass is 19.1. The highest BCUT2D eigenvalue weighted by Gasteiger charge is 2.09. The topological polar surface area (TPSA) is 46.5 Å². The predicted molar refractivity (Wildman–Crippen MR) is 84.0 cm³/mol. The molecule has 0 aliphatic heterocycles. The molecule has 0 unspecified atom stereocenters. The van der Waals surface area contributed by atoms with Crippen molar-refractivity contribution in [2.75, 3.05) is 7.11 Å². The maximum atomic E-state index is 14.0. The molecule has 23 heavy (non-hydrogen) atoms. The van der Waals surface area contributed by atoms with Crippen LogP contribution in [0.1, 0.15) is 11.1 Å². The van der Waals surface area contributed by atoms with Crippen LogP contribution in [0, 0.1) is 11.6 Å². The summed E-state index contributed by atoms with van der Waals surface area (Å²) in [5, 5.41) is 9.24. The van der Waals surface area contributed by atoms with Gasteiger partial charge in [-0.15, -0.1) is 0 Å².